The number of carbonyl (C=O) groups is 1. The van der Waals surface area contributed by atoms with Crippen LogP contribution in [0.25, 0.3) is 11.4 Å². The van der Waals surface area contributed by atoms with Crippen LogP contribution in [0.4, 0.5) is 5.69 Å². The van der Waals surface area contributed by atoms with Gasteiger partial charge in [0, 0.05) is 31.6 Å². The van der Waals surface area contributed by atoms with Crippen LogP contribution in [0.1, 0.15) is 19.2 Å². The van der Waals surface area contributed by atoms with Gasteiger partial charge in [-0.15, -0.1) is 0 Å². The predicted molar refractivity (Wildman–Crippen MR) is 109 cm³/mol. The topological polar surface area (TPSA) is 109 Å². The molecule has 2 aromatic heterocycles. The number of aromatic nitrogens is 3. The van der Waals surface area contributed by atoms with Crippen molar-refractivity contribution in [3.8, 4) is 23.0 Å². The first kappa shape index (κ1) is 21.3. The van der Waals surface area contributed by atoms with Gasteiger partial charge in [-0.2, -0.15) is 4.98 Å². The zero-order chi connectivity index (χ0) is 21.2. The molecule has 0 spiro atoms. The van der Waals surface area contributed by atoms with Crippen molar-refractivity contribution in [2.24, 2.45) is 0 Å². The zero-order valence-electron chi connectivity index (χ0n) is 17.0. The highest BCUT2D eigenvalue weighted by atomic mass is 16.5. The average molecular weight is 412 g/mol. The van der Waals surface area contributed by atoms with Gasteiger partial charge < -0.3 is 24.1 Å². The molecule has 0 aliphatic heterocycles. The molecule has 0 atom stereocenters. The molecule has 0 unspecified atom stereocenters. The molecule has 1 N–H and O–H groups in total. The number of anilines is 1. The Labute approximate surface area is 174 Å². The summed E-state index contributed by atoms with van der Waals surface area (Å²) < 4.78 is 21.0. The van der Waals surface area contributed by atoms with Gasteiger partial charge in [-0.25, -0.2) is 4.98 Å². The lowest BCUT2D eigenvalue weighted by atomic mass is 10.2. The number of hydrogen-bond donors (Lipinski definition) is 1. The second-order valence-corrected chi connectivity index (χ2v) is 6.24. The van der Waals surface area contributed by atoms with E-state index < -0.39 is 0 Å². The Morgan fingerprint density at radius 1 is 1.10 bits per heavy atom. The molecule has 1 aromatic carbocycles. The van der Waals surface area contributed by atoms with Gasteiger partial charge in [0.2, 0.25) is 23.5 Å². The number of nitrogens with zero attached hydrogens (tertiary/aromatic N) is 3. The average Bonchev–Trinajstić information content (AvgIpc) is 3.24. The number of methoxy groups -OCH3 is 1. The summed E-state index contributed by atoms with van der Waals surface area (Å²) in [5, 5.41) is 6.75. The fraction of sp³-hybridized carbons (Fsp3) is 0.333. The summed E-state index contributed by atoms with van der Waals surface area (Å²) in [5.41, 5.74) is 1.40. The summed E-state index contributed by atoms with van der Waals surface area (Å²) in [5.74, 6) is 1.95. The highest BCUT2D eigenvalue weighted by Gasteiger charge is 2.11. The van der Waals surface area contributed by atoms with E-state index in [2.05, 4.69) is 20.4 Å². The standard InChI is InChI=1S/C21H24N4O5/c1-3-28-17-7-4-15(5-8-17)21-24-20(30-25-21)11-9-18(26)23-16-6-10-19(22-14-16)29-13-12-27-2/h4-8,10,14H,3,9,11-13H2,1-2H3,(H,23,26). The number of amides is 1. The molecule has 0 saturated carbocycles. The van der Waals surface area contributed by atoms with Crippen LogP contribution < -0.4 is 14.8 Å². The van der Waals surface area contributed by atoms with Gasteiger partial charge in [0.25, 0.3) is 0 Å². The molecule has 0 bridgehead atoms. The van der Waals surface area contributed by atoms with Gasteiger partial charge in [0.15, 0.2) is 0 Å². The predicted octanol–water partition coefficient (Wildman–Crippen LogP) is 3.13. The van der Waals surface area contributed by atoms with E-state index in [1.165, 1.54) is 6.20 Å². The van der Waals surface area contributed by atoms with Gasteiger partial charge >= 0.3 is 0 Å². The normalized spacial score (nSPS) is 10.6. The first-order valence-corrected chi connectivity index (χ1v) is 9.61. The largest absolute Gasteiger partial charge is 0.494 e. The molecule has 0 fully saturated rings. The number of aryl methyl sites for hydroxylation is 1. The quantitative estimate of drug-likeness (QED) is 0.479. The van der Waals surface area contributed by atoms with Crippen molar-refractivity contribution in [1.29, 1.82) is 0 Å². The van der Waals surface area contributed by atoms with E-state index in [4.69, 9.17) is 18.7 Å². The van der Waals surface area contributed by atoms with E-state index >= 15 is 0 Å². The maximum atomic E-state index is 12.2. The molecule has 2 heterocycles. The Morgan fingerprint density at radius 2 is 1.93 bits per heavy atom. The fourth-order valence-electron chi connectivity index (χ4n) is 2.55. The third kappa shape index (κ3) is 6.28. The van der Waals surface area contributed by atoms with Crippen LogP contribution in [-0.4, -0.2) is 48.0 Å². The number of pyridine rings is 1. The van der Waals surface area contributed by atoms with E-state index in [1.54, 1.807) is 19.2 Å². The first-order chi connectivity index (χ1) is 14.7. The summed E-state index contributed by atoms with van der Waals surface area (Å²) in [7, 11) is 1.60. The third-order valence-corrected chi connectivity index (χ3v) is 4.02. The van der Waals surface area contributed by atoms with Gasteiger partial charge in [-0.05, 0) is 37.3 Å². The first-order valence-electron chi connectivity index (χ1n) is 9.61. The molecule has 0 radical (unpaired) electrons. The minimum absolute atomic E-state index is 0.175. The number of hydrogen-bond acceptors (Lipinski definition) is 8. The lowest BCUT2D eigenvalue weighted by molar-refractivity contribution is -0.116. The lowest BCUT2D eigenvalue weighted by Crippen LogP contribution is -2.12. The van der Waals surface area contributed by atoms with E-state index in [1.807, 2.05) is 31.2 Å². The Kier molecular flexibility index (Phi) is 7.73. The Balaban J connectivity index is 1.47. The van der Waals surface area contributed by atoms with Crippen LogP contribution in [0.15, 0.2) is 47.1 Å². The summed E-state index contributed by atoms with van der Waals surface area (Å²) in [6.45, 7) is 3.43. The molecule has 3 rings (SSSR count). The Morgan fingerprint density at radius 3 is 2.63 bits per heavy atom. The van der Waals surface area contributed by atoms with E-state index in [9.17, 15) is 4.79 Å². The Hall–Kier alpha value is -3.46. The molecule has 158 valence electrons. The number of rotatable bonds is 11. The Bertz CT molecular complexity index is 925. The van der Waals surface area contributed by atoms with Crippen molar-refractivity contribution < 1.29 is 23.5 Å². The summed E-state index contributed by atoms with van der Waals surface area (Å²) in [6.07, 6.45) is 2.08. The molecule has 0 aliphatic rings. The summed E-state index contributed by atoms with van der Waals surface area (Å²) in [6, 6.07) is 10.8. The second-order valence-electron chi connectivity index (χ2n) is 6.24. The molecule has 1 amide bonds. The smallest absolute Gasteiger partial charge is 0.227 e. The highest BCUT2D eigenvalue weighted by molar-refractivity contribution is 5.90. The number of ether oxygens (including phenoxy) is 3. The van der Waals surface area contributed by atoms with Gasteiger partial charge in [0.1, 0.15) is 12.4 Å². The van der Waals surface area contributed by atoms with Crippen LogP contribution in [0.5, 0.6) is 11.6 Å². The maximum Gasteiger partial charge on any atom is 0.227 e. The number of benzene rings is 1. The molecule has 0 saturated heterocycles. The van der Waals surface area contributed by atoms with Crippen molar-refractivity contribution in [2.45, 2.75) is 19.8 Å². The van der Waals surface area contributed by atoms with E-state index in [-0.39, 0.29) is 12.3 Å². The van der Waals surface area contributed by atoms with Crippen molar-refractivity contribution >= 4 is 11.6 Å². The molecule has 0 aliphatic carbocycles. The van der Waals surface area contributed by atoms with Crippen LogP contribution >= 0.6 is 0 Å². The van der Waals surface area contributed by atoms with E-state index in [0.717, 1.165) is 11.3 Å². The second kappa shape index (κ2) is 10.9. The van der Waals surface area contributed by atoms with Gasteiger partial charge in [0.05, 0.1) is 25.1 Å². The van der Waals surface area contributed by atoms with Crippen molar-refractivity contribution in [2.75, 3.05) is 32.2 Å². The summed E-state index contributed by atoms with van der Waals surface area (Å²) in [4.78, 5) is 20.6. The minimum Gasteiger partial charge on any atom is -0.494 e. The summed E-state index contributed by atoms with van der Waals surface area (Å²) >= 11 is 0. The van der Waals surface area contributed by atoms with Crippen molar-refractivity contribution in [3.05, 3.63) is 48.5 Å². The molecular weight excluding hydrogens is 388 g/mol. The molecule has 9 heteroatoms. The van der Waals surface area contributed by atoms with Crippen LogP contribution in [0, 0.1) is 0 Å². The van der Waals surface area contributed by atoms with Crippen molar-refractivity contribution in [3.63, 3.8) is 0 Å². The molecule has 30 heavy (non-hydrogen) atoms. The van der Waals surface area contributed by atoms with Crippen LogP contribution in [-0.2, 0) is 16.0 Å². The minimum atomic E-state index is -0.175. The van der Waals surface area contributed by atoms with Crippen LogP contribution in [0.3, 0.4) is 0 Å². The lowest BCUT2D eigenvalue weighted by Gasteiger charge is -2.06. The van der Waals surface area contributed by atoms with E-state index in [0.29, 0.717) is 49.5 Å². The SMILES string of the molecule is CCOc1ccc(-c2noc(CCC(=O)Nc3ccc(OCCOC)nc3)n2)cc1. The zero-order valence-corrected chi connectivity index (χ0v) is 17.0. The monoisotopic (exact) mass is 412 g/mol. The molecular formula is C21H24N4O5. The fourth-order valence-corrected chi connectivity index (χ4v) is 2.55. The van der Waals surface area contributed by atoms with Gasteiger partial charge in [-0.3, -0.25) is 4.79 Å². The van der Waals surface area contributed by atoms with Crippen molar-refractivity contribution in [1.82, 2.24) is 15.1 Å². The molecule has 3 aromatic rings. The van der Waals surface area contributed by atoms with Gasteiger partial charge in [-0.1, -0.05) is 5.16 Å². The third-order valence-electron chi connectivity index (χ3n) is 4.02. The maximum absolute atomic E-state index is 12.2. The highest BCUT2D eigenvalue weighted by Crippen LogP contribution is 2.20. The number of carbonyl (C=O) groups excluding carboxylic acids is 1. The van der Waals surface area contributed by atoms with Crippen LogP contribution in [0.2, 0.25) is 0 Å². The number of nitrogens with one attached hydrogen (secondary N) is 1. The molecule has 9 nitrogen and oxygen atoms in total.